The van der Waals surface area contributed by atoms with E-state index < -0.39 is 0 Å². The third-order valence-electron chi connectivity index (χ3n) is 5.04. The Morgan fingerprint density at radius 3 is 2.80 bits per heavy atom. The van der Waals surface area contributed by atoms with E-state index in [1.807, 2.05) is 37.3 Å². The van der Waals surface area contributed by atoms with Crippen molar-refractivity contribution in [1.82, 2.24) is 20.1 Å². The zero-order valence-electron chi connectivity index (χ0n) is 14.2. The van der Waals surface area contributed by atoms with Gasteiger partial charge in [0.25, 0.3) is 0 Å². The molecule has 0 unspecified atom stereocenters. The van der Waals surface area contributed by atoms with Crippen LogP contribution >= 0.6 is 0 Å². The summed E-state index contributed by atoms with van der Waals surface area (Å²) in [7, 11) is 0. The molecule has 0 aliphatic carbocycles. The summed E-state index contributed by atoms with van der Waals surface area (Å²) >= 11 is 0. The minimum atomic E-state index is -0.295. The lowest BCUT2D eigenvalue weighted by Gasteiger charge is -2.26. The molecule has 2 amide bonds. The van der Waals surface area contributed by atoms with Crippen LogP contribution < -0.4 is 10.2 Å². The van der Waals surface area contributed by atoms with Crippen molar-refractivity contribution in [2.45, 2.75) is 38.8 Å². The van der Waals surface area contributed by atoms with E-state index in [4.69, 9.17) is 0 Å². The second-order valence-corrected chi connectivity index (χ2v) is 6.76. The largest absolute Gasteiger partial charge is 0.351 e. The van der Waals surface area contributed by atoms with Crippen molar-refractivity contribution in [1.29, 1.82) is 0 Å². The highest BCUT2D eigenvalue weighted by Gasteiger charge is 2.36. The first kappa shape index (κ1) is 15.8. The van der Waals surface area contributed by atoms with Gasteiger partial charge in [0.1, 0.15) is 11.6 Å². The molecule has 1 fully saturated rings. The molecule has 0 radical (unpaired) electrons. The van der Waals surface area contributed by atoms with Gasteiger partial charge in [0.2, 0.25) is 11.8 Å². The first-order valence-corrected chi connectivity index (χ1v) is 8.66. The number of nitrogens with zero attached hydrogens (tertiary/aromatic N) is 4. The molecule has 0 bridgehead atoms. The maximum absolute atomic E-state index is 12.6. The predicted octanol–water partition coefficient (Wildman–Crippen LogP) is 1.07. The number of nitrogens with one attached hydrogen (secondary N) is 1. The Hall–Kier alpha value is -2.70. The molecular weight excluding hydrogens is 318 g/mol. The van der Waals surface area contributed by atoms with Crippen LogP contribution in [0.3, 0.4) is 0 Å². The number of carbonyl (C=O) groups excluding carboxylic acids is 2. The quantitative estimate of drug-likeness (QED) is 0.907. The smallest absolute Gasteiger partial charge is 0.227 e. The van der Waals surface area contributed by atoms with Crippen molar-refractivity contribution in [3.8, 4) is 0 Å². The van der Waals surface area contributed by atoms with E-state index in [1.54, 1.807) is 4.90 Å². The molecule has 0 spiro atoms. The van der Waals surface area contributed by atoms with Gasteiger partial charge < -0.3 is 14.8 Å². The maximum atomic E-state index is 12.6. The lowest BCUT2D eigenvalue weighted by Crippen LogP contribution is -2.44. The van der Waals surface area contributed by atoms with Gasteiger partial charge in [-0.15, -0.1) is 10.2 Å². The highest BCUT2D eigenvalue weighted by Crippen LogP contribution is 2.25. The molecule has 130 valence electrons. The highest BCUT2D eigenvalue weighted by molar-refractivity contribution is 6.00. The van der Waals surface area contributed by atoms with Crippen LogP contribution in [0.4, 0.5) is 5.69 Å². The van der Waals surface area contributed by atoms with Gasteiger partial charge in [-0.2, -0.15) is 0 Å². The van der Waals surface area contributed by atoms with E-state index >= 15 is 0 Å². The van der Waals surface area contributed by atoms with Gasteiger partial charge in [-0.1, -0.05) is 18.2 Å². The second-order valence-electron chi connectivity index (χ2n) is 6.76. The van der Waals surface area contributed by atoms with Crippen LogP contribution in [-0.4, -0.2) is 39.2 Å². The molecule has 7 heteroatoms. The van der Waals surface area contributed by atoms with Crippen LogP contribution in [0, 0.1) is 12.8 Å². The first-order chi connectivity index (χ1) is 12.1. The molecule has 7 nitrogen and oxygen atoms in total. The van der Waals surface area contributed by atoms with Crippen LogP contribution in [-0.2, 0) is 22.6 Å². The fourth-order valence-corrected chi connectivity index (χ4v) is 3.64. The average Bonchev–Trinajstić information content (AvgIpc) is 3.19. The molecule has 0 saturated carbocycles. The number of fused-ring (bicyclic) bond motifs is 1. The molecule has 2 atom stereocenters. The van der Waals surface area contributed by atoms with Crippen LogP contribution in [0.5, 0.6) is 0 Å². The lowest BCUT2D eigenvalue weighted by molar-refractivity contribution is -0.127. The van der Waals surface area contributed by atoms with Gasteiger partial charge in [-0.05, 0) is 25.5 Å². The monoisotopic (exact) mass is 339 g/mol. The zero-order chi connectivity index (χ0) is 17.4. The molecule has 2 aliphatic rings. The fourth-order valence-electron chi connectivity index (χ4n) is 3.64. The SMILES string of the molecule is Cc1nnc2n1C[C@@H](NC(=O)[C@@H]1CC(=O)N(c3ccccc3)C1)CC2. The van der Waals surface area contributed by atoms with E-state index in [1.165, 1.54) is 0 Å². The van der Waals surface area contributed by atoms with Crippen LogP contribution in [0.1, 0.15) is 24.5 Å². The van der Waals surface area contributed by atoms with Gasteiger partial charge in [0, 0.05) is 37.7 Å². The van der Waals surface area contributed by atoms with Crippen molar-refractivity contribution in [2.24, 2.45) is 5.92 Å². The van der Waals surface area contributed by atoms with Gasteiger partial charge in [0.15, 0.2) is 0 Å². The molecule has 25 heavy (non-hydrogen) atoms. The van der Waals surface area contributed by atoms with E-state index in [0.29, 0.717) is 13.1 Å². The van der Waals surface area contributed by atoms with E-state index in [-0.39, 0.29) is 30.2 Å². The number of amides is 2. The van der Waals surface area contributed by atoms with Crippen LogP contribution in [0.2, 0.25) is 0 Å². The van der Waals surface area contributed by atoms with Crippen molar-refractivity contribution in [3.63, 3.8) is 0 Å². The molecule has 1 saturated heterocycles. The number of para-hydroxylation sites is 1. The average molecular weight is 339 g/mol. The van der Waals surface area contributed by atoms with E-state index in [0.717, 1.165) is 30.2 Å². The number of aromatic nitrogens is 3. The molecule has 2 aromatic rings. The highest BCUT2D eigenvalue weighted by atomic mass is 16.2. The summed E-state index contributed by atoms with van der Waals surface area (Å²) in [6, 6.07) is 9.58. The summed E-state index contributed by atoms with van der Waals surface area (Å²) in [6.45, 7) is 3.06. The summed E-state index contributed by atoms with van der Waals surface area (Å²) in [5.74, 6) is 1.53. The Kier molecular flexibility index (Phi) is 3.99. The lowest BCUT2D eigenvalue weighted by atomic mass is 10.0. The summed E-state index contributed by atoms with van der Waals surface area (Å²) in [5, 5.41) is 11.4. The van der Waals surface area contributed by atoms with E-state index in [2.05, 4.69) is 20.1 Å². The predicted molar refractivity (Wildman–Crippen MR) is 91.9 cm³/mol. The van der Waals surface area contributed by atoms with Crippen molar-refractivity contribution in [3.05, 3.63) is 42.0 Å². The van der Waals surface area contributed by atoms with E-state index in [9.17, 15) is 9.59 Å². The number of carbonyl (C=O) groups is 2. The van der Waals surface area contributed by atoms with Crippen molar-refractivity contribution in [2.75, 3.05) is 11.4 Å². The summed E-state index contributed by atoms with van der Waals surface area (Å²) < 4.78 is 2.06. The zero-order valence-corrected chi connectivity index (χ0v) is 14.2. The number of aryl methyl sites for hydroxylation is 2. The number of benzene rings is 1. The molecule has 1 aromatic carbocycles. The Labute approximate surface area is 146 Å². The molecule has 1 aromatic heterocycles. The maximum Gasteiger partial charge on any atom is 0.227 e. The minimum absolute atomic E-state index is 0.00642. The Bertz CT molecular complexity index is 801. The van der Waals surface area contributed by atoms with Gasteiger partial charge in [0.05, 0.1) is 5.92 Å². The molecule has 2 aliphatic heterocycles. The number of rotatable bonds is 3. The molecule has 1 N–H and O–H groups in total. The molecule has 3 heterocycles. The standard InChI is InChI=1S/C18H21N5O2/c1-12-20-21-16-8-7-14(11-22(12)16)19-18(25)13-9-17(24)23(10-13)15-5-3-2-4-6-15/h2-6,13-14H,7-11H2,1H3,(H,19,25)/t13-,14+/m1/s1. The second kappa shape index (κ2) is 6.31. The first-order valence-electron chi connectivity index (χ1n) is 8.66. The number of hydrogen-bond donors (Lipinski definition) is 1. The Morgan fingerprint density at radius 1 is 1.20 bits per heavy atom. The number of anilines is 1. The Morgan fingerprint density at radius 2 is 2.00 bits per heavy atom. The number of hydrogen-bond acceptors (Lipinski definition) is 4. The fraction of sp³-hybridized carbons (Fsp3) is 0.444. The van der Waals surface area contributed by atoms with Gasteiger partial charge in [-0.25, -0.2) is 0 Å². The topological polar surface area (TPSA) is 80.1 Å². The summed E-state index contributed by atoms with van der Waals surface area (Å²) in [6.07, 6.45) is 1.93. The summed E-state index contributed by atoms with van der Waals surface area (Å²) in [4.78, 5) is 26.6. The van der Waals surface area contributed by atoms with Gasteiger partial charge >= 0.3 is 0 Å². The van der Waals surface area contributed by atoms with Crippen LogP contribution in [0.25, 0.3) is 0 Å². The minimum Gasteiger partial charge on any atom is -0.351 e. The Balaban J connectivity index is 1.39. The van der Waals surface area contributed by atoms with Crippen molar-refractivity contribution < 1.29 is 9.59 Å². The summed E-state index contributed by atoms with van der Waals surface area (Å²) in [5.41, 5.74) is 0.852. The third kappa shape index (κ3) is 3.01. The van der Waals surface area contributed by atoms with Gasteiger partial charge in [-0.3, -0.25) is 9.59 Å². The molecular formula is C18H21N5O2. The van der Waals surface area contributed by atoms with Crippen LogP contribution in [0.15, 0.2) is 30.3 Å². The van der Waals surface area contributed by atoms with Crippen molar-refractivity contribution >= 4 is 17.5 Å². The normalized spacial score (nSPS) is 22.8. The molecule has 4 rings (SSSR count). The third-order valence-corrected chi connectivity index (χ3v) is 5.04.